The monoisotopic (exact) mass is 266 g/mol. The van der Waals surface area contributed by atoms with Crippen LogP contribution >= 0.6 is 24.2 Å². The molecule has 3 nitrogen and oxygen atoms in total. The van der Waals surface area contributed by atoms with Crippen LogP contribution in [-0.4, -0.2) is 47.0 Å². The Bertz CT molecular complexity index is 231. The number of nitrogens with zero attached hydrogens (tertiary/aromatic N) is 1. The Morgan fingerprint density at radius 1 is 1.50 bits per heavy atom. The van der Waals surface area contributed by atoms with Crippen LogP contribution in [0.4, 0.5) is 0 Å². The second-order valence-corrected chi connectivity index (χ2v) is 6.90. The number of hydrogen-bond donors (Lipinski definition) is 1. The zero-order chi connectivity index (χ0) is 11.5. The summed E-state index contributed by atoms with van der Waals surface area (Å²) < 4.78 is 0.176. The summed E-state index contributed by atoms with van der Waals surface area (Å²) >= 11 is 1.72. The molecule has 5 heteroatoms. The summed E-state index contributed by atoms with van der Waals surface area (Å²) in [5.74, 6) is 0.888. The lowest BCUT2D eigenvalue weighted by Crippen LogP contribution is -2.51. The molecule has 1 unspecified atom stereocenters. The predicted molar refractivity (Wildman–Crippen MR) is 73.5 cm³/mol. The van der Waals surface area contributed by atoms with E-state index in [0.717, 1.165) is 19.6 Å². The molecule has 1 fully saturated rings. The molecule has 1 atom stereocenters. The average molecular weight is 267 g/mol. The van der Waals surface area contributed by atoms with Crippen molar-refractivity contribution in [3.63, 3.8) is 0 Å². The lowest BCUT2D eigenvalue weighted by molar-refractivity contribution is -0.129. The van der Waals surface area contributed by atoms with Crippen molar-refractivity contribution in [2.45, 2.75) is 38.5 Å². The number of halogens is 1. The second kappa shape index (κ2) is 6.72. The van der Waals surface area contributed by atoms with Crippen molar-refractivity contribution >= 4 is 30.1 Å². The van der Waals surface area contributed by atoms with E-state index in [4.69, 9.17) is 0 Å². The topological polar surface area (TPSA) is 32.3 Å². The second-order valence-electron chi connectivity index (χ2n) is 5.10. The summed E-state index contributed by atoms with van der Waals surface area (Å²) in [7, 11) is 0. The van der Waals surface area contributed by atoms with Crippen molar-refractivity contribution in [1.29, 1.82) is 0 Å². The number of carbonyl (C=O) groups excluding carboxylic acids is 1. The van der Waals surface area contributed by atoms with E-state index in [2.05, 4.69) is 33.0 Å². The number of carbonyl (C=O) groups is 1. The molecule has 1 N–H and O–H groups in total. The Balaban J connectivity index is 0.00000225. The summed E-state index contributed by atoms with van der Waals surface area (Å²) in [5, 5.41) is 3.34. The summed E-state index contributed by atoms with van der Waals surface area (Å²) in [5.41, 5.74) is 0. The highest BCUT2D eigenvalue weighted by atomic mass is 35.5. The van der Waals surface area contributed by atoms with Crippen LogP contribution in [0.2, 0.25) is 0 Å². The van der Waals surface area contributed by atoms with E-state index < -0.39 is 0 Å². The third kappa shape index (κ3) is 5.97. The minimum Gasteiger partial charge on any atom is -0.339 e. The predicted octanol–water partition coefficient (Wildman–Crippen LogP) is 1.76. The van der Waals surface area contributed by atoms with Gasteiger partial charge in [0, 0.05) is 30.4 Å². The first-order valence-electron chi connectivity index (χ1n) is 5.53. The van der Waals surface area contributed by atoms with E-state index in [1.807, 2.05) is 4.90 Å². The highest BCUT2D eigenvalue weighted by molar-refractivity contribution is 8.01. The van der Waals surface area contributed by atoms with Gasteiger partial charge in [-0.25, -0.2) is 0 Å². The molecule has 16 heavy (non-hydrogen) atoms. The van der Waals surface area contributed by atoms with Crippen LogP contribution in [-0.2, 0) is 4.79 Å². The third-order valence-electron chi connectivity index (χ3n) is 2.35. The highest BCUT2D eigenvalue weighted by Gasteiger charge is 2.22. The Morgan fingerprint density at radius 2 is 2.12 bits per heavy atom. The molecule has 0 aliphatic carbocycles. The van der Waals surface area contributed by atoms with Gasteiger partial charge in [0.25, 0.3) is 0 Å². The number of nitrogens with one attached hydrogen (secondary N) is 1. The Labute approximate surface area is 109 Å². The molecular weight excluding hydrogens is 244 g/mol. The molecule has 1 amide bonds. The van der Waals surface area contributed by atoms with Crippen molar-refractivity contribution in [3.05, 3.63) is 0 Å². The van der Waals surface area contributed by atoms with Crippen molar-refractivity contribution in [2.24, 2.45) is 0 Å². The van der Waals surface area contributed by atoms with E-state index in [-0.39, 0.29) is 23.1 Å². The fraction of sp³-hybridized carbons (Fsp3) is 0.909. The molecule has 1 rings (SSSR count). The van der Waals surface area contributed by atoms with Gasteiger partial charge in [-0.2, -0.15) is 0 Å². The zero-order valence-corrected chi connectivity index (χ0v) is 12.2. The van der Waals surface area contributed by atoms with Crippen molar-refractivity contribution in [2.75, 3.05) is 25.4 Å². The van der Waals surface area contributed by atoms with E-state index in [9.17, 15) is 4.79 Å². The Hall–Kier alpha value is 0.0700. The van der Waals surface area contributed by atoms with Gasteiger partial charge in [-0.15, -0.1) is 24.2 Å². The zero-order valence-electron chi connectivity index (χ0n) is 10.6. The van der Waals surface area contributed by atoms with Gasteiger partial charge in [-0.1, -0.05) is 20.8 Å². The molecule has 96 valence electrons. The first kappa shape index (κ1) is 16.1. The minimum atomic E-state index is 0. The number of piperazine rings is 1. The highest BCUT2D eigenvalue weighted by Crippen LogP contribution is 2.23. The van der Waals surface area contributed by atoms with Crippen LogP contribution in [0.5, 0.6) is 0 Å². The molecule has 1 heterocycles. The van der Waals surface area contributed by atoms with Gasteiger partial charge in [0.2, 0.25) is 5.91 Å². The molecule has 0 bridgehead atoms. The smallest absolute Gasteiger partial charge is 0.232 e. The maximum atomic E-state index is 11.9. The van der Waals surface area contributed by atoms with E-state index in [0.29, 0.717) is 11.8 Å². The van der Waals surface area contributed by atoms with Crippen molar-refractivity contribution in [1.82, 2.24) is 10.2 Å². The fourth-order valence-corrected chi connectivity index (χ4v) is 2.27. The van der Waals surface area contributed by atoms with Gasteiger partial charge in [-0.3, -0.25) is 4.79 Å². The Kier molecular flexibility index (Phi) is 6.75. The van der Waals surface area contributed by atoms with Crippen LogP contribution < -0.4 is 5.32 Å². The number of hydrogen-bond acceptors (Lipinski definition) is 3. The molecule has 0 radical (unpaired) electrons. The minimum absolute atomic E-state index is 0. The molecule has 1 aliphatic rings. The van der Waals surface area contributed by atoms with Crippen molar-refractivity contribution < 1.29 is 4.79 Å². The van der Waals surface area contributed by atoms with E-state index in [1.165, 1.54) is 0 Å². The van der Waals surface area contributed by atoms with Crippen LogP contribution in [0.15, 0.2) is 0 Å². The molecule has 0 aromatic carbocycles. The van der Waals surface area contributed by atoms with Gasteiger partial charge in [0.15, 0.2) is 0 Å². The first-order valence-corrected chi connectivity index (χ1v) is 6.52. The summed E-state index contributed by atoms with van der Waals surface area (Å²) in [6.45, 7) is 11.2. The number of amides is 1. The van der Waals surface area contributed by atoms with E-state index in [1.54, 1.807) is 11.8 Å². The molecule has 0 saturated carbocycles. The van der Waals surface area contributed by atoms with Gasteiger partial charge >= 0.3 is 0 Å². The maximum Gasteiger partial charge on any atom is 0.232 e. The molecular formula is C11H23ClN2OS. The Morgan fingerprint density at radius 3 is 2.62 bits per heavy atom. The molecule has 0 aromatic rings. The van der Waals surface area contributed by atoms with Crippen molar-refractivity contribution in [3.8, 4) is 0 Å². The van der Waals surface area contributed by atoms with Crippen LogP contribution in [0.25, 0.3) is 0 Å². The van der Waals surface area contributed by atoms with Gasteiger partial charge in [0.05, 0.1) is 5.75 Å². The molecule has 1 aliphatic heterocycles. The van der Waals surface area contributed by atoms with Gasteiger partial charge in [0.1, 0.15) is 0 Å². The standard InChI is InChI=1S/C11H22N2OS.ClH/c1-9-7-13(6-5-12-9)10(14)8-15-11(2,3)4;/h9,12H,5-8H2,1-4H3;1H. The van der Waals surface area contributed by atoms with E-state index >= 15 is 0 Å². The van der Waals surface area contributed by atoms with Crippen LogP contribution in [0.3, 0.4) is 0 Å². The van der Waals surface area contributed by atoms with Crippen LogP contribution in [0, 0.1) is 0 Å². The SMILES string of the molecule is CC1CN(C(=O)CSC(C)(C)C)CCN1.Cl. The lowest BCUT2D eigenvalue weighted by atomic mass is 10.2. The summed E-state index contributed by atoms with van der Waals surface area (Å²) in [6, 6.07) is 0.433. The maximum absolute atomic E-state index is 11.9. The average Bonchev–Trinajstić information content (AvgIpc) is 2.13. The largest absolute Gasteiger partial charge is 0.339 e. The first-order chi connectivity index (χ1) is 6.88. The summed E-state index contributed by atoms with van der Waals surface area (Å²) in [4.78, 5) is 13.8. The summed E-state index contributed by atoms with van der Waals surface area (Å²) in [6.07, 6.45) is 0. The normalized spacial score (nSPS) is 21.5. The molecule has 0 aromatic heterocycles. The lowest BCUT2D eigenvalue weighted by Gasteiger charge is -2.32. The van der Waals surface area contributed by atoms with Gasteiger partial charge < -0.3 is 10.2 Å². The molecule has 1 saturated heterocycles. The fourth-order valence-electron chi connectivity index (χ4n) is 1.53. The number of thioether (sulfide) groups is 1. The van der Waals surface area contributed by atoms with Gasteiger partial charge in [-0.05, 0) is 6.92 Å². The van der Waals surface area contributed by atoms with Crippen LogP contribution in [0.1, 0.15) is 27.7 Å². The number of rotatable bonds is 2. The quantitative estimate of drug-likeness (QED) is 0.827. The third-order valence-corrected chi connectivity index (χ3v) is 3.61. The molecule has 0 spiro atoms.